The van der Waals surface area contributed by atoms with Gasteiger partial charge in [-0.3, -0.25) is 14.3 Å². The normalized spacial score (nSPS) is 12.1. The number of rotatable bonds is 7. The number of hydrogen-bond donors (Lipinski definition) is 3. The third-order valence-corrected chi connectivity index (χ3v) is 2.09. The minimum atomic E-state index is -0.876. The molecule has 8 nitrogen and oxygen atoms in total. The Morgan fingerprint density at radius 1 is 1.47 bits per heavy atom. The summed E-state index contributed by atoms with van der Waals surface area (Å²) in [5.74, 6) is -0.961. The first-order valence-electron chi connectivity index (χ1n) is 5.25. The summed E-state index contributed by atoms with van der Waals surface area (Å²) in [6.07, 6.45) is 3.88. The van der Waals surface area contributed by atoms with Crippen molar-refractivity contribution in [1.29, 1.82) is 0 Å². The third kappa shape index (κ3) is 5.07. The standard InChI is InChI=1S/C9H16N6O2/c10-7(6-8(11)16)9(17)12-2-1-4-15-5-3-13-14-15/h3,5,7H,1-2,4,6,10H2,(H2,11,16)(H,12,17). The number of hydrogen-bond acceptors (Lipinski definition) is 5. The maximum atomic E-state index is 11.4. The van der Waals surface area contributed by atoms with Gasteiger partial charge in [0.25, 0.3) is 0 Å². The van der Waals surface area contributed by atoms with E-state index in [1.54, 1.807) is 17.1 Å². The van der Waals surface area contributed by atoms with Gasteiger partial charge in [-0.25, -0.2) is 0 Å². The highest BCUT2D eigenvalue weighted by atomic mass is 16.2. The Labute approximate surface area is 98.3 Å². The van der Waals surface area contributed by atoms with E-state index in [2.05, 4.69) is 15.6 Å². The molecule has 0 saturated carbocycles. The van der Waals surface area contributed by atoms with Gasteiger partial charge in [-0.05, 0) is 6.42 Å². The molecule has 0 radical (unpaired) electrons. The molecule has 1 aromatic rings. The lowest BCUT2D eigenvalue weighted by molar-refractivity contribution is -0.126. The van der Waals surface area contributed by atoms with Gasteiger partial charge in [0.15, 0.2) is 0 Å². The Hall–Kier alpha value is -1.96. The van der Waals surface area contributed by atoms with Crippen LogP contribution in [0.5, 0.6) is 0 Å². The zero-order chi connectivity index (χ0) is 12.7. The van der Waals surface area contributed by atoms with Crippen LogP contribution in [0.25, 0.3) is 0 Å². The van der Waals surface area contributed by atoms with Crippen molar-refractivity contribution in [3.63, 3.8) is 0 Å². The third-order valence-electron chi connectivity index (χ3n) is 2.09. The van der Waals surface area contributed by atoms with Crippen molar-refractivity contribution in [3.05, 3.63) is 12.4 Å². The fraction of sp³-hybridized carbons (Fsp3) is 0.556. The number of primary amides is 1. The van der Waals surface area contributed by atoms with E-state index in [0.717, 1.165) is 0 Å². The van der Waals surface area contributed by atoms with E-state index < -0.39 is 11.9 Å². The van der Waals surface area contributed by atoms with Crippen molar-refractivity contribution in [3.8, 4) is 0 Å². The van der Waals surface area contributed by atoms with Crippen LogP contribution in [0.1, 0.15) is 12.8 Å². The summed E-state index contributed by atoms with van der Waals surface area (Å²) >= 11 is 0. The Bertz CT molecular complexity index is 364. The largest absolute Gasteiger partial charge is 0.370 e. The van der Waals surface area contributed by atoms with E-state index in [9.17, 15) is 9.59 Å². The van der Waals surface area contributed by atoms with E-state index in [4.69, 9.17) is 11.5 Å². The number of nitrogens with one attached hydrogen (secondary N) is 1. The van der Waals surface area contributed by atoms with E-state index in [1.807, 2.05) is 0 Å². The van der Waals surface area contributed by atoms with Crippen LogP contribution in [0.2, 0.25) is 0 Å². The molecule has 5 N–H and O–H groups in total. The number of carbonyl (C=O) groups is 2. The van der Waals surface area contributed by atoms with Gasteiger partial charge in [0, 0.05) is 19.3 Å². The molecule has 1 atom stereocenters. The monoisotopic (exact) mass is 240 g/mol. The number of nitrogens with two attached hydrogens (primary N) is 2. The van der Waals surface area contributed by atoms with Gasteiger partial charge in [-0.1, -0.05) is 5.21 Å². The Morgan fingerprint density at radius 3 is 2.82 bits per heavy atom. The molecule has 8 heteroatoms. The van der Waals surface area contributed by atoms with E-state index >= 15 is 0 Å². The molecule has 2 amide bonds. The lowest BCUT2D eigenvalue weighted by Crippen LogP contribution is -2.43. The van der Waals surface area contributed by atoms with Crippen LogP contribution in [0, 0.1) is 0 Å². The Balaban J connectivity index is 2.13. The molecule has 0 aliphatic heterocycles. The van der Waals surface area contributed by atoms with Gasteiger partial charge in [0.1, 0.15) is 0 Å². The molecule has 0 aromatic carbocycles. The number of carbonyl (C=O) groups excluding carboxylic acids is 2. The zero-order valence-electron chi connectivity index (χ0n) is 9.37. The molecular weight excluding hydrogens is 224 g/mol. The highest BCUT2D eigenvalue weighted by Gasteiger charge is 2.14. The summed E-state index contributed by atoms with van der Waals surface area (Å²) in [6, 6.07) is -0.876. The second kappa shape index (κ2) is 6.59. The Kier molecular flexibility index (Phi) is 5.08. The van der Waals surface area contributed by atoms with Crippen molar-refractivity contribution in [1.82, 2.24) is 20.3 Å². The van der Waals surface area contributed by atoms with Crippen LogP contribution in [0.3, 0.4) is 0 Å². The van der Waals surface area contributed by atoms with Gasteiger partial charge in [-0.15, -0.1) is 5.10 Å². The van der Waals surface area contributed by atoms with Gasteiger partial charge in [-0.2, -0.15) is 0 Å². The molecule has 0 aliphatic carbocycles. The number of aromatic nitrogens is 3. The second-order valence-corrected chi connectivity index (χ2v) is 3.59. The predicted molar refractivity (Wildman–Crippen MR) is 59.4 cm³/mol. The first-order valence-corrected chi connectivity index (χ1v) is 5.25. The molecule has 0 fully saturated rings. The number of amides is 2. The smallest absolute Gasteiger partial charge is 0.237 e. The fourth-order valence-electron chi connectivity index (χ4n) is 1.25. The summed E-state index contributed by atoms with van der Waals surface area (Å²) in [4.78, 5) is 21.9. The minimum absolute atomic E-state index is 0.144. The lowest BCUT2D eigenvalue weighted by atomic mass is 10.2. The number of aryl methyl sites for hydroxylation is 1. The Morgan fingerprint density at radius 2 is 2.24 bits per heavy atom. The van der Waals surface area contributed by atoms with E-state index in [-0.39, 0.29) is 12.3 Å². The van der Waals surface area contributed by atoms with Crippen molar-refractivity contribution >= 4 is 11.8 Å². The summed E-state index contributed by atoms with van der Waals surface area (Å²) in [5.41, 5.74) is 10.4. The quantitative estimate of drug-likeness (QED) is 0.474. The second-order valence-electron chi connectivity index (χ2n) is 3.59. The average Bonchev–Trinajstić information content (AvgIpc) is 2.75. The molecule has 0 saturated heterocycles. The van der Waals surface area contributed by atoms with Crippen LogP contribution < -0.4 is 16.8 Å². The zero-order valence-corrected chi connectivity index (χ0v) is 9.37. The maximum absolute atomic E-state index is 11.4. The molecular formula is C9H16N6O2. The number of nitrogens with zero attached hydrogens (tertiary/aromatic N) is 3. The van der Waals surface area contributed by atoms with Crippen molar-refractivity contribution in [2.24, 2.45) is 11.5 Å². The lowest BCUT2D eigenvalue weighted by Gasteiger charge is -2.10. The highest BCUT2D eigenvalue weighted by Crippen LogP contribution is 1.89. The summed E-state index contributed by atoms with van der Waals surface area (Å²) in [5, 5.41) is 10.0. The van der Waals surface area contributed by atoms with Crippen LogP contribution >= 0.6 is 0 Å². The molecule has 94 valence electrons. The average molecular weight is 240 g/mol. The molecule has 1 unspecified atom stereocenters. The van der Waals surface area contributed by atoms with Gasteiger partial charge < -0.3 is 16.8 Å². The van der Waals surface area contributed by atoms with Gasteiger partial charge in [0.2, 0.25) is 11.8 Å². The summed E-state index contributed by atoms with van der Waals surface area (Å²) in [6.45, 7) is 1.12. The van der Waals surface area contributed by atoms with E-state index in [0.29, 0.717) is 19.5 Å². The minimum Gasteiger partial charge on any atom is -0.370 e. The molecule has 1 heterocycles. The van der Waals surface area contributed by atoms with Gasteiger partial charge in [0.05, 0.1) is 18.7 Å². The molecule has 17 heavy (non-hydrogen) atoms. The SMILES string of the molecule is NC(=O)CC(N)C(=O)NCCCn1ccnn1. The van der Waals surface area contributed by atoms with Crippen molar-refractivity contribution < 1.29 is 9.59 Å². The molecule has 0 bridgehead atoms. The summed E-state index contributed by atoms with van der Waals surface area (Å²) in [7, 11) is 0. The van der Waals surface area contributed by atoms with E-state index in [1.165, 1.54) is 0 Å². The van der Waals surface area contributed by atoms with Crippen LogP contribution in [-0.4, -0.2) is 39.4 Å². The molecule has 0 aliphatic rings. The fourth-order valence-corrected chi connectivity index (χ4v) is 1.25. The highest BCUT2D eigenvalue weighted by molar-refractivity contribution is 5.87. The first-order chi connectivity index (χ1) is 8.09. The van der Waals surface area contributed by atoms with Crippen molar-refractivity contribution in [2.45, 2.75) is 25.4 Å². The van der Waals surface area contributed by atoms with Crippen molar-refractivity contribution in [2.75, 3.05) is 6.54 Å². The summed E-state index contributed by atoms with van der Waals surface area (Å²) < 4.78 is 1.66. The maximum Gasteiger partial charge on any atom is 0.237 e. The van der Waals surface area contributed by atoms with Gasteiger partial charge >= 0.3 is 0 Å². The molecule has 1 aromatic heterocycles. The topological polar surface area (TPSA) is 129 Å². The molecule has 0 spiro atoms. The van der Waals surface area contributed by atoms with Crippen LogP contribution in [-0.2, 0) is 16.1 Å². The van der Waals surface area contributed by atoms with Crippen LogP contribution in [0.15, 0.2) is 12.4 Å². The van der Waals surface area contributed by atoms with Crippen LogP contribution in [0.4, 0.5) is 0 Å². The first kappa shape index (κ1) is 13.1. The predicted octanol–water partition coefficient (Wildman–Crippen LogP) is -2.01. The molecule has 1 rings (SSSR count).